The standard InChI is InChI=1S/C65H106NO8P/c1-6-8-10-12-14-16-18-20-21-22-23-24-25-26-27-28-29-30-31-32-33-34-35-36-37-38-39-40-41-42-43-44-45-46-48-50-52-54-56-58-65(68)74-63(62-73-75(69,70)72-60-59-66(3,4)5)61-71-64(67)57-55-53-51-49-47-19-17-15-13-11-9-7-2/h8,10,14-17,20-21,23-24,26-27,29-30,32-33,35-36,38-39,41-42,44-45,63H,6-7,9,11-13,18-19,22,25,28,31,34,37,40,43,46-62H2,1-5H3/b10-8-,16-14-,17-15-,21-20-,24-23-,27-26-,30-29-,33-32-,36-35-,39-38-,42-41-,45-44-. The quantitative estimate of drug-likeness (QED) is 0.0195. The Hall–Kier alpha value is -4.11. The van der Waals surface area contributed by atoms with Crippen LogP contribution in [0.15, 0.2) is 146 Å². The molecule has 0 rings (SSSR count). The summed E-state index contributed by atoms with van der Waals surface area (Å²) in [5.74, 6) is -0.879. The van der Waals surface area contributed by atoms with Gasteiger partial charge in [0.05, 0.1) is 27.7 Å². The predicted molar refractivity (Wildman–Crippen MR) is 318 cm³/mol. The minimum atomic E-state index is -4.65. The van der Waals surface area contributed by atoms with E-state index in [4.69, 9.17) is 18.5 Å². The Bertz CT molecular complexity index is 1770. The molecule has 0 saturated heterocycles. The van der Waals surface area contributed by atoms with Gasteiger partial charge in [0.1, 0.15) is 19.8 Å². The minimum absolute atomic E-state index is 0.0437. The summed E-state index contributed by atoms with van der Waals surface area (Å²) in [5.41, 5.74) is 0. The monoisotopic (exact) mass is 1060 g/mol. The summed E-state index contributed by atoms with van der Waals surface area (Å²) in [6.45, 7) is 4.03. The molecule has 0 N–H and O–H groups in total. The first-order chi connectivity index (χ1) is 36.5. The number of esters is 2. The third kappa shape index (κ3) is 59.0. The van der Waals surface area contributed by atoms with Gasteiger partial charge in [0, 0.05) is 12.8 Å². The van der Waals surface area contributed by atoms with Crippen LogP contribution in [0, 0.1) is 0 Å². The van der Waals surface area contributed by atoms with Crippen LogP contribution in [0.4, 0.5) is 0 Å². The first-order valence-electron chi connectivity index (χ1n) is 29.0. The highest BCUT2D eigenvalue weighted by atomic mass is 31.2. The van der Waals surface area contributed by atoms with Gasteiger partial charge in [0.2, 0.25) is 0 Å². The second-order valence-electron chi connectivity index (χ2n) is 19.9. The van der Waals surface area contributed by atoms with Crippen molar-refractivity contribution in [3.8, 4) is 0 Å². The maximum atomic E-state index is 12.8. The molecule has 0 aromatic heterocycles. The molecule has 0 spiro atoms. The fraction of sp³-hybridized carbons (Fsp3) is 0.600. The van der Waals surface area contributed by atoms with Crippen LogP contribution in [-0.2, 0) is 32.7 Å². The van der Waals surface area contributed by atoms with Crippen LogP contribution in [0.25, 0.3) is 0 Å². The van der Waals surface area contributed by atoms with Crippen molar-refractivity contribution < 1.29 is 42.1 Å². The van der Waals surface area contributed by atoms with E-state index in [1.165, 1.54) is 19.3 Å². The molecule has 0 bridgehead atoms. The Morgan fingerprint density at radius 2 is 0.760 bits per heavy atom. The lowest BCUT2D eigenvalue weighted by atomic mass is 10.1. The molecule has 0 amide bonds. The zero-order valence-electron chi connectivity index (χ0n) is 47.9. The fourth-order valence-corrected chi connectivity index (χ4v) is 7.85. The van der Waals surface area contributed by atoms with Crippen LogP contribution in [0.1, 0.15) is 200 Å². The molecule has 0 radical (unpaired) electrons. The van der Waals surface area contributed by atoms with E-state index in [-0.39, 0.29) is 26.1 Å². The number of unbranched alkanes of at least 4 members (excludes halogenated alkanes) is 13. The zero-order valence-corrected chi connectivity index (χ0v) is 48.8. The van der Waals surface area contributed by atoms with E-state index >= 15 is 0 Å². The van der Waals surface area contributed by atoms with Gasteiger partial charge >= 0.3 is 11.9 Å². The van der Waals surface area contributed by atoms with Crippen molar-refractivity contribution in [2.24, 2.45) is 0 Å². The molecule has 0 heterocycles. The van der Waals surface area contributed by atoms with Crippen LogP contribution in [0.3, 0.4) is 0 Å². The summed E-state index contributed by atoms with van der Waals surface area (Å²) in [6, 6.07) is 0. The molecule has 424 valence electrons. The van der Waals surface area contributed by atoms with Crippen molar-refractivity contribution in [3.05, 3.63) is 146 Å². The number of nitrogens with zero attached hydrogens (tertiary/aromatic N) is 1. The van der Waals surface area contributed by atoms with E-state index in [1.54, 1.807) is 0 Å². The van der Waals surface area contributed by atoms with Crippen LogP contribution in [0.2, 0.25) is 0 Å². The molecule has 0 saturated carbocycles. The first kappa shape index (κ1) is 70.9. The third-order valence-corrected chi connectivity index (χ3v) is 12.6. The maximum Gasteiger partial charge on any atom is 0.306 e. The lowest BCUT2D eigenvalue weighted by Crippen LogP contribution is -2.37. The summed E-state index contributed by atoms with van der Waals surface area (Å²) in [4.78, 5) is 37.7. The van der Waals surface area contributed by atoms with E-state index in [0.29, 0.717) is 23.9 Å². The van der Waals surface area contributed by atoms with Crippen molar-refractivity contribution in [2.45, 2.75) is 206 Å². The average molecular weight is 1060 g/mol. The number of likely N-dealkylation sites (N-methyl/N-ethyl adjacent to an activating group) is 1. The van der Waals surface area contributed by atoms with Gasteiger partial charge in [-0.05, 0) is 122 Å². The van der Waals surface area contributed by atoms with Gasteiger partial charge in [-0.15, -0.1) is 0 Å². The minimum Gasteiger partial charge on any atom is -0.756 e. The third-order valence-electron chi connectivity index (χ3n) is 11.6. The molecule has 2 atom stereocenters. The summed E-state index contributed by atoms with van der Waals surface area (Å²) in [6.07, 6.45) is 80.5. The molecule has 2 unspecified atom stereocenters. The molecular weight excluding hydrogens is 954 g/mol. The number of phosphoric acid groups is 1. The summed E-state index contributed by atoms with van der Waals surface area (Å²) in [5, 5.41) is 0. The zero-order chi connectivity index (χ0) is 54.9. The van der Waals surface area contributed by atoms with Crippen molar-refractivity contribution in [1.82, 2.24) is 0 Å². The predicted octanol–water partition coefficient (Wildman–Crippen LogP) is 17.7. The number of ether oxygens (including phenoxy) is 2. The Morgan fingerprint density at radius 1 is 0.427 bits per heavy atom. The molecule has 0 fully saturated rings. The summed E-state index contributed by atoms with van der Waals surface area (Å²) in [7, 11) is 1.13. The number of phosphoric ester groups is 1. The van der Waals surface area contributed by atoms with Crippen molar-refractivity contribution >= 4 is 19.8 Å². The Morgan fingerprint density at radius 3 is 1.15 bits per heavy atom. The van der Waals surface area contributed by atoms with Crippen LogP contribution in [-0.4, -0.2) is 70.0 Å². The van der Waals surface area contributed by atoms with E-state index < -0.39 is 32.5 Å². The molecule has 0 aromatic rings. The molecule has 9 nitrogen and oxygen atoms in total. The first-order valence-corrected chi connectivity index (χ1v) is 30.5. The molecule has 0 aliphatic rings. The number of carbonyl (C=O) groups excluding carboxylic acids is 2. The van der Waals surface area contributed by atoms with E-state index in [1.807, 2.05) is 21.1 Å². The number of hydrogen-bond donors (Lipinski definition) is 0. The van der Waals surface area contributed by atoms with Gasteiger partial charge in [-0.3, -0.25) is 14.2 Å². The highest BCUT2D eigenvalue weighted by Crippen LogP contribution is 2.38. The number of carbonyl (C=O) groups is 2. The summed E-state index contributed by atoms with van der Waals surface area (Å²) < 4.78 is 34.0. The largest absolute Gasteiger partial charge is 0.756 e. The molecule has 10 heteroatoms. The Balaban J connectivity index is 4.18. The smallest absolute Gasteiger partial charge is 0.306 e. The molecule has 75 heavy (non-hydrogen) atoms. The molecular formula is C65H106NO8P. The van der Waals surface area contributed by atoms with Gasteiger partial charge in [0.25, 0.3) is 7.82 Å². The van der Waals surface area contributed by atoms with Gasteiger partial charge < -0.3 is 27.9 Å². The van der Waals surface area contributed by atoms with Gasteiger partial charge in [0.15, 0.2) is 6.10 Å². The van der Waals surface area contributed by atoms with Gasteiger partial charge in [-0.25, -0.2) is 0 Å². The second-order valence-corrected chi connectivity index (χ2v) is 21.3. The average Bonchev–Trinajstić information content (AvgIpc) is 3.37. The van der Waals surface area contributed by atoms with Crippen molar-refractivity contribution in [1.29, 1.82) is 0 Å². The molecule has 0 aliphatic heterocycles. The topological polar surface area (TPSA) is 111 Å². The normalized spacial score (nSPS) is 14.4. The Labute approximate surface area is 459 Å². The van der Waals surface area contributed by atoms with Gasteiger partial charge in [-0.2, -0.15) is 0 Å². The van der Waals surface area contributed by atoms with Crippen molar-refractivity contribution in [2.75, 3.05) is 47.5 Å². The Kier molecular flexibility index (Phi) is 51.7. The van der Waals surface area contributed by atoms with Gasteiger partial charge in [-0.1, -0.05) is 211 Å². The van der Waals surface area contributed by atoms with E-state index in [2.05, 4.69) is 160 Å². The van der Waals surface area contributed by atoms with Crippen LogP contribution >= 0.6 is 7.82 Å². The SMILES string of the molecule is CC/C=C\C/C=C\C/C=C\C/C=C\C/C=C\C/C=C\C/C=C\C/C=C\C/C=C\C/C=C\C/C=C\CCCCCCCC(=O)OC(COC(=O)CCCCCCC/C=C\CCCCC)COP(=O)([O-])OCC[N+](C)(C)C. The fourth-order valence-electron chi connectivity index (χ4n) is 7.12. The van der Waals surface area contributed by atoms with Crippen LogP contribution in [0.5, 0.6) is 0 Å². The van der Waals surface area contributed by atoms with E-state index in [9.17, 15) is 19.0 Å². The maximum absolute atomic E-state index is 12.8. The molecule has 0 aliphatic carbocycles. The number of allylic oxidation sites excluding steroid dienone is 24. The number of hydrogen-bond acceptors (Lipinski definition) is 8. The number of rotatable bonds is 51. The molecule has 0 aromatic carbocycles. The second kappa shape index (κ2) is 54.7. The van der Waals surface area contributed by atoms with Crippen molar-refractivity contribution in [3.63, 3.8) is 0 Å². The lowest BCUT2D eigenvalue weighted by Gasteiger charge is -2.28. The summed E-state index contributed by atoms with van der Waals surface area (Å²) >= 11 is 0. The van der Waals surface area contributed by atoms with E-state index in [0.717, 1.165) is 141 Å². The lowest BCUT2D eigenvalue weighted by molar-refractivity contribution is -0.870. The van der Waals surface area contributed by atoms with Crippen LogP contribution < -0.4 is 4.89 Å². The number of quaternary nitrogens is 1. The highest BCUT2D eigenvalue weighted by Gasteiger charge is 2.21. The highest BCUT2D eigenvalue weighted by molar-refractivity contribution is 7.45.